The number of carbonyl (C=O) groups excluding carboxylic acids is 1. The van der Waals surface area contributed by atoms with Crippen molar-refractivity contribution in [2.75, 3.05) is 39.9 Å². The average molecular weight is 593 g/mol. The summed E-state index contributed by atoms with van der Waals surface area (Å²) >= 11 is 0. The van der Waals surface area contributed by atoms with Crippen LogP contribution in [0.1, 0.15) is 26.2 Å². The first-order valence-corrected chi connectivity index (χ1v) is 14.0. The number of aliphatic hydroxyl groups excluding tert-OH is 4. The molecule has 3 rings (SSSR count). The molecule has 16 nitrogen and oxygen atoms in total. The Morgan fingerprint density at radius 3 is 2.56 bits per heavy atom. The summed E-state index contributed by atoms with van der Waals surface area (Å²) in [7, 11) is 1.57. The number of rotatable bonds is 13. The highest BCUT2D eigenvalue weighted by Crippen LogP contribution is 2.32. The molecule has 238 valence electrons. The van der Waals surface area contributed by atoms with Gasteiger partial charge in [-0.05, 0) is 45.9 Å². The van der Waals surface area contributed by atoms with Gasteiger partial charge in [-0.15, -0.1) is 0 Å². The summed E-state index contributed by atoms with van der Waals surface area (Å²) < 4.78 is 23.7. The molecule has 1 saturated heterocycles. The zero-order valence-corrected chi connectivity index (χ0v) is 23.6. The number of carbonyl (C=O) groups is 1. The van der Waals surface area contributed by atoms with Crippen LogP contribution in [0.15, 0.2) is 11.8 Å². The maximum Gasteiger partial charge on any atom is 0.249 e. The SMILES string of the molecule is CNC1C(O)[C@@H](OC2C(O)[C@H](O[C@H]3OC(CNCCO)=CC[C@H]3N)[C@@H](N)C[C@H]2NC(=O)[C@@H](O)CCN)OC[C@]1(C)O. The van der Waals surface area contributed by atoms with E-state index in [-0.39, 0.29) is 32.6 Å². The molecule has 12 atom stereocenters. The van der Waals surface area contributed by atoms with Gasteiger partial charge in [-0.25, -0.2) is 0 Å². The molecule has 3 aliphatic rings. The van der Waals surface area contributed by atoms with Crippen molar-refractivity contribution in [1.29, 1.82) is 0 Å². The molecule has 1 saturated carbocycles. The number of amides is 1. The summed E-state index contributed by atoms with van der Waals surface area (Å²) in [5.41, 5.74) is 16.7. The predicted molar refractivity (Wildman–Crippen MR) is 145 cm³/mol. The van der Waals surface area contributed by atoms with E-state index in [1.807, 2.05) is 6.08 Å². The highest BCUT2D eigenvalue weighted by atomic mass is 16.7. The van der Waals surface area contributed by atoms with E-state index in [1.54, 1.807) is 7.05 Å². The van der Waals surface area contributed by atoms with E-state index in [1.165, 1.54) is 6.92 Å². The Hall–Kier alpha value is -1.51. The minimum Gasteiger partial charge on any atom is -0.467 e. The van der Waals surface area contributed by atoms with Gasteiger partial charge in [0.1, 0.15) is 41.9 Å². The van der Waals surface area contributed by atoms with Crippen LogP contribution in [0.25, 0.3) is 0 Å². The Morgan fingerprint density at radius 1 is 1.20 bits per heavy atom. The molecule has 2 aliphatic heterocycles. The molecule has 4 unspecified atom stereocenters. The maximum absolute atomic E-state index is 12.7. The molecule has 0 spiro atoms. The van der Waals surface area contributed by atoms with E-state index in [2.05, 4.69) is 16.0 Å². The average Bonchev–Trinajstić information content (AvgIpc) is 2.91. The van der Waals surface area contributed by atoms with Crippen molar-refractivity contribution in [3.63, 3.8) is 0 Å². The van der Waals surface area contributed by atoms with Crippen molar-refractivity contribution in [2.24, 2.45) is 17.2 Å². The van der Waals surface area contributed by atoms with E-state index < -0.39 is 78.8 Å². The van der Waals surface area contributed by atoms with Gasteiger partial charge in [0.15, 0.2) is 6.29 Å². The highest BCUT2D eigenvalue weighted by molar-refractivity contribution is 5.80. The molecule has 16 heteroatoms. The summed E-state index contributed by atoms with van der Waals surface area (Å²) in [6, 6.07) is -3.12. The molecular weight excluding hydrogens is 544 g/mol. The van der Waals surface area contributed by atoms with Crippen LogP contribution in [-0.4, -0.2) is 144 Å². The Labute approximate surface area is 239 Å². The zero-order chi connectivity index (χ0) is 30.3. The molecule has 1 amide bonds. The lowest BCUT2D eigenvalue weighted by atomic mass is 9.83. The third-order valence-electron chi connectivity index (χ3n) is 7.63. The number of nitrogens with two attached hydrogens (primary N) is 3. The van der Waals surface area contributed by atoms with Gasteiger partial charge in [0.2, 0.25) is 12.2 Å². The fourth-order valence-electron chi connectivity index (χ4n) is 5.38. The minimum absolute atomic E-state index is 0.0216. The number of aliphatic hydroxyl groups is 5. The van der Waals surface area contributed by atoms with E-state index >= 15 is 0 Å². The van der Waals surface area contributed by atoms with E-state index in [4.69, 9.17) is 41.3 Å². The lowest BCUT2D eigenvalue weighted by Crippen LogP contribution is -2.69. The standard InChI is InChI=1S/C25H48N6O10/c1-25(37)11-38-24(18(35)21(25)29-2)41-20-15(31-22(36)16(33)5-6-26)9-14(28)19(17(20)34)40-23-13(27)4-3-12(39-23)10-30-7-8-32/h3,13-21,23-24,29-30,32-35,37H,4-11,26-28H2,1-2H3,(H,31,36)/t13-,14+,15-,16+,17?,18?,19-,20?,21?,23-,24-,25+/m1/s1. The third-order valence-corrected chi connectivity index (χ3v) is 7.63. The Kier molecular flexibility index (Phi) is 12.7. The predicted octanol–water partition coefficient (Wildman–Crippen LogP) is -5.36. The van der Waals surface area contributed by atoms with Gasteiger partial charge in [0.05, 0.1) is 37.9 Å². The van der Waals surface area contributed by atoms with Gasteiger partial charge in [0.25, 0.3) is 0 Å². The highest BCUT2D eigenvalue weighted by Gasteiger charge is 2.51. The normalized spacial score (nSPS) is 40.4. The topological polar surface area (TPSA) is 269 Å². The molecule has 0 aromatic carbocycles. The number of likely N-dealkylation sites (N-methyl/N-ethyl adjacent to an activating group) is 1. The first-order chi connectivity index (χ1) is 19.4. The van der Waals surface area contributed by atoms with Crippen LogP contribution in [0.5, 0.6) is 0 Å². The van der Waals surface area contributed by atoms with Gasteiger partial charge in [0, 0.05) is 12.6 Å². The first-order valence-electron chi connectivity index (χ1n) is 14.0. The van der Waals surface area contributed by atoms with Gasteiger partial charge < -0.3 is 77.6 Å². The lowest BCUT2D eigenvalue weighted by Gasteiger charge is -2.48. The molecule has 2 fully saturated rings. The van der Waals surface area contributed by atoms with Crippen molar-refractivity contribution in [3.8, 4) is 0 Å². The Morgan fingerprint density at radius 2 is 1.90 bits per heavy atom. The Bertz CT molecular complexity index is 869. The molecule has 0 bridgehead atoms. The maximum atomic E-state index is 12.7. The molecule has 1 aliphatic carbocycles. The van der Waals surface area contributed by atoms with Gasteiger partial charge in [-0.3, -0.25) is 4.79 Å². The van der Waals surface area contributed by atoms with E-state index in [9.17, 15) is 25.2 Å². The monoisotopic (exact) mass is 592 g/mol. The minimum atomic E-state index is -1.46. The third kappa shape index (κ3) is 8.54. The number of hydrogen-bond acceptors (Lipinski definition) is 15. The molecule has 0 aromatic heterocycles. The summed E-state index contributed by atoms with van der Waals surface area (Å²) in [5, 5.41) is 60.7. The molecule has 0 aromatic rings. The number of hydrogen-bond donors (Lipinski definition) is 11. The largest absolute Gasteiger partial charge is 0.467 e. The van der Waals surface area contributed by atoms with Crippen LogP contribution < -0.4 is 33.2 Å². The number of nitrogens with one attached hydrogen (secondary N) is 3. The van der Waals surface area contributed by atoms with Crippen LogP contribution in [0.3, 0.4) is 0 Å². The quantitative estimate of drug-likeness (QED) is 0.0891. The van der Waals surface area contributed by atoms with Crippen molar-refractivity contribution >= 4 is 5.91 Å². The second-order valence-corrected chi connectivity index (χ2v) is 11.0. The van der Waals surface area contributed by atoms with E-state index in [0.29, 0.717) is 25.3 Å². The summed E-state index contributed by atoms with van der Waals surface area (Å²) in [6.45, 7) is 2.07. The summed E-state index contributed by atoms with van der Waals surface area (Å²) in [6.07, 6.45) is -6.40. The summed E-state index contributed by atoms with van der Waals surface area (Å²) in [5.74, 6) is -0.170. The van der Waals surface area contributed by atoms with Gasteiger partial charge >= 0.3 is 0 Å². The Balaban J connectivity index is 1.79. The van der Waals surface area contributed by atoms with Crippen molar-refractivity contribution in [1.82, 2.24) is 16.0 Å². The van der Waals surface area contributed by atoms with Gasteiger partial charge in [-0.2, -0.15) is 0 Å². The van der Waals surface area contributed by atoms with Crippen LogP contribution in [0.2, 0.25) is 0 Å². The van der Waals surface area contributed by atoms with Crippen molar-refractivity contribution in [3.05, 3.63) is 11.8 Å². The van der Waals surface area contributed by atoms with Crippen LogP contribution in [0, 0.1) is 0 Å². The van der Waals surface area contributed by atoms with Crippen LogP contribution in [0.4, 0.5) is 0 Å². The van der Waals surface area contributed by atoms with E-state index in [0.717, 1.165) is 0 Å². The second-order valence-electron chi connectivity index (χ2n) is 11.0. The molecule has 0 radical (unpaired) electrons. The fourth-order valence-corrected chi connectivity index (χ4v) is 5.38. The number of ether oxygens (including phenoxy) is 4. The lowest BCUT2D eigenvalue weighted by molar-refractivity contribution is -0.304. The second kappa shape index (κ2) is 15.3. The van der Waals surface area contributed by atoms with Crippen molar-refractivity contribution < 1.29 is 49.3 Å². The fraction of sp³-hybridized carbons (Fsp3) is 0.880. The molecular formula is C25H48N6O10. The molecule has 2 heterocycles. The first kappa shape index (κ1) is 34.0. The van der Waals surface area contributed by atoms with Gasteiger partial charge in [-0.1, -0.05) is 0 Å². The molecule has 41 heavy (non-hydrogen) atoms. The molecule has 14 N–H and O–H groups in total. The summed E-state index contributed by atoms with van der Waals surface area (Å²) in [4.78, 5) is 12.7. The smallest absolute Gasteiger partial charge is 0.249 e. The van der Waals surface area contributed by atoms with Crippen LogP contribution in [-0.2, 0) is 23.7 Å². The zero-order valence-electron chi connectivity index (χ0n) is 23.6. The van der Waals surface area contributed by atoms with Crippen molar-refractivity contribution in [2.45, 2.75) is 99.1 Å². The van der Waals surface area contributed by atoms with Crippen LogP contribution >= 0.6 is 0 Å².